The summed E-state index contributed by atoms with van der Waals surface area (Å²) in [5.41, 5.74) is 4.55. The molecule has 2 amide bonds. The maximum absolute atomic E-state index is 12.8. The molecule has 3 rings (SSSR count). The van der Waals surface area contributed by atoms with Crippen molar-refractivity contribution in [1.29, 1.82) is 0 Å². The zero-order valence-electron chi connectivity index (χ0n) is 22.5. The summed E-state index contributed by atoms with van der Waals surface area (Å²) in [4.78, 5) is 36.0. The number of hydrogen-bond acceptors (Lipinski definition) is 8. The van der Waals surface area contributed by atoms with Crippen LogP contribution in [0.4, 0.5) is 5.69 Å². The first-order valence-electron chi connectivity index (χ1n) is 12.3. The number of nitrogens with zero attached hydrogens (tertiary/aromatic N) is 2. The molecule has 0 aliphatic heterocycles. The Labute approximate surface area is 226 Å². The zero-order valence-corrected chi connectivity index (χ0v) is 22.5. The SMILES string of the molecule is COc1ccc([N+](=O)[O-])cc1-c1ccc(/C=N\NC(=O)[C@@H](CC(C)C)NC(=O)COc2c(C)cccc2C)o1. The maximum atomic E-state index is 12.8. The van der Waals surface area contributed by atoms with Gasteiger partial charge in [-0.3, -0.25) is 19.7 Å². The summed E-state index contributed by atoms with van der Waals surface area (Å²) < 4.78 is 16.7. The molecule has 39 heavy (non-hydrogen) atoms. The van der Waals surface area contributed by atoms with Gasteiger partial charge in [-0.25, -0.2) is 5.43 Å². The minimum absolute atomic E-state index is 0.109. The van der Waals surface area contributed by atoms with Crippen molar-refractivity contribution in [3.63, 3.8) is 0 Å². The fourth-order valence-electron chi connectivity index (χ4n) is 3.91. The summed E-state index contributed by atoms with van der Waals surface area (Å²) in [7, 11) is 1.45. The van der Waals surface area contributed by atoms with E-state index in [4.69, 9.17) is 13.9 Å². The third kappa shape index (κ3) is 7.91. The standard InChI is InChI=1S/C28H32N4O7/c1-17(2)13-23(30-26(33)16-38-27-18(3)7-6-8-19(27)4)28(34)31-29-15-21-10-12-25(39-21)22-14-20(32(35)36)9-11-24(22)37-5/h6-12,14-15,17,23H,13,16H2,1-5H3,(H,30,33)(H,31,34)/b29-15-/t23-/m1/s1. The molecule has 0 bridgehead atoms. The van der Waals surface area contributed by atoms with Gasteiger partial charge in [0.05, 0.1) is 23.8 Å². The van der Waals surface area contributed by atoms with Gasteiger partial charge in [0.1, 0.15) is 29.1 Å². The van der Waals surface area contributed by atoms with Crippen LogP contribution in [0.3, 0.4) is 0 Å². The van der Waals surface area contributed by atoms with Crippen LogP contribution in [-0.4, -0.2) is 42.7 Å². The Bertz CT molecular complexity index is 1340. The molecular formula is C28H32N4O7. The number of non-ortho nitro benzene ring substituents is 1. The van der Waals surface area contributed by atoms with E-state index in [9.17, 15) is 19.7 Å². The minimum atomic E-state index is -0.822. The van der Waals surface area contributed by atoms with Gasteiger partial charge in [-0.15, -0.1) is 0 Å². The van der Waals surface area contributed by atoms with Crippen molar-refractivity contribution in [3.8, 4) is 22.8 Å². The normalized spacial score (nSPS) is 11.8. The molecule has 0 unspecified atom stereocenters. The Morgan fingerprint density at radius 1 is 1.13 bits per heavy atom. The van der Waals surface area contributed by atoms with E-state index < -0.39 is 22.8 Å². The third-order valence-corrected chi connectivity index (χ3v) is 5.77. The second-order valence-corrected chi connectivity index (χ2v) is 9.34. The minimum Gasteiger partial charge on any atom is -0.496 e. The van der Waals surface area contributed by atoms with Gasteiger partial charge >= 0.3 is 0 Å². The van der Waals surface area contributed by atoms with Crippen molar-refractivity contribution in [2.45, 2.75) is 40.2 Å². The number of ether oxygens (including phenoxy) is 2. The Morgan fingerprint density at radius 3 is 2.49 bits per heavy atom. The summed E-state index contributed by atoms with van der Waals surface area (Å²) in [6.07, 6.45) is 1.69. The molecule has 11 nitrogen and oxygen atoms in total. The first-order valence-corrected chi connectivity index (χ1v) is 12.3. The second kappa shape index (κ2) is 13.2. The number of para-hydroxylation sites is 1. The Balaban J connectivity index is 1.63. The molecule has 11 heteroatoms. The molecule has 0 spiro atoms. The highest BCUT2D eigenvalue weighted by Gasteiger charge is 2.22. The van der Waals surface area contributed by atoms with Gasteiger partial charge in [-0.1, -0.05) is 32.0 Å². The molecule has 2 N–H and O–H groups in total. The van der Waals surface area contributed by atoms with Crippen LogP contribution in [0.5, 0.6) is 11.5 Å². The van der Waals surface area contributed by atoms with E-state index in [1.807, 2.05) is 45.9 Å². The number of nitro groups is 1. The number of hydrogen-bond donors (Lipinski definition) is 2. The molecule has 0 saturated heterocycles. The van der Waals surface area contributed by atoms with Crippen molar-refractivity contribution in [1.82, 2.24) is 10.7 Å². The lowest BCUT2D eigenvalue weighted by atomic mass is 10.0. The number of methoxy groups -OCH3 is 1. The lowest BCUT2D eigenvalue weighted by Crippen LogP contribution is -2.47. The van der Waals surface area contributed by atoms with Crippen molar-refractivity contribution < 1.29 is 28.4 Å². The predicted octanol–water partition coefficient (Wildman–Crippen LogP) is 4.54. The number of aryl methyl sites for hydroxylation is 2. The number of furan rings is 1. The second-order valence-electron chi connectivity index (χ2n) is 9.34. The number of rotatable bonds is 12. The highest BCUT2D eigenvalue weighted by atomic mass is 16.6. The summed E-state index contributed by atoms with van der Waals surface area (Å²) in [5.74, 6) is 0.879. The average molecular weight is 537 g/mol. The van der Waals surface area contributed by atoms with Gasteiger partial charge < -0.3 is 19.2 Å². The quantitative estimate of drug-likeness (QED) is 0.196. The maximum Gasteiger partial charge on any atom is 0.270 e. The van der Waals surface area contributed by atoms with E-state index in [-0.39, 0.29) is 18.2 Å². The van der Waals surface area contributed by atoms with Crippen LogP contribution in [0.2, 0.25) is 0 Å². The van der Waals surface area contributed by atoms with Gasteiger partial charge in [-0.2, -0.15) is 5.10 Å². The Morgan fingerprint density at radius 2 is 1.85 bits per heavy atom. The lowest BCUT2D eigenvalue weighted by Gasteiger charge is -2.19. The van der Waals surface area contributed by atoms with E-state index in [0.29, 0.717) is 35.0 Å². The van der Waals surface area contributed by atoms with Crippen LogP contribution in [0.25, 0.3) is 11.3 Å². The molecule has 2 aromatic carbocycles. The summed E-state index contributed by atoms with van der Waals surface area (Å²) in [6.45, 7) is 7.45. The summed E-state index contributed by atoms with van der Waals surface area (Å²) in [6, 6.07) is 12.3. The molecule has 0 aliphatic rings. The molecule has 1 aromatic heterocycles. The van der Waals surface area contributed by atoms with Crippen LogP contribution in [0.1, 0.15) is 37.2 Å². The van der Waals surface area contributed by atoms with E-state index >= 15 is 0 Å². The molecule has 0 fully saturated rings. The molecule has 3 aromatic rings. The smallest absolute Gasteiger partial charge is 0.270 e. The summed E-state index contributed by atoms with van der Waals surface area (Å²) >= 11 is 0. The molecule has 206 valence electrons. The van der Waals surface area contributed by atoms with Crippen LogP contribution >= 0.6 is 0 Å². The number of benzene rings is 2. The Hall–Kier alpha value is -4.67. The van der Waals surface area contributed by atoms with Gasteiger partial charge in [-0.05, 0) is 55.5 Å². The summed E-state index contributed by atoms with van der Waals surface area (Å²) in [5, 5.41) is 17.8. The lowest BCUT2D eigenvalue weighted by molar-refractivity contribution is -0.384. The number of hydrazone groups is 1. The van der Waals surface area contributed by atoms with Crippen LogP contribution in [-0.2, 0) is 9.59 Å². The Kier molecular flexibility index (Phi) is 9.80. The molecule has 0 aliphatic carbocycles. The molecule has 0 saturated carbocycles. The molecule has 1 heterocycles. The van der Waals surface area contributed by atoms with Gasteiger partial charge in [0.15, 0.2) is 6.61 Å². The van der Waals surface area contributed by atoms with E-state index in [1.165, 1.54) is 31.5 Å². The van der Waals surface area contributed by atoms with Gasteiger partial charge in [0.25, 0.3) is 17.5 Å². The van der Waals surface area contributed by atoms with Gasteiger partial charge in [0.2, 0.25) is 0 Å². The molecule has 0 radical (unpaired) electrons. The highest BCUT2D eigenvalue weighted by molar-refractivity contribution is 5.89. The molecular weight excluding hydrogens is 504 g/mol. The fraction of sp³-hybridized carbons (Fsp3) is 0.321. The molecule has 1 atom stereocenters. The van der Waals surface area contributed by atoms with Gasteiger partial charge in [0, 0.05) is 12.1 Å². The predicted molar refractivity (Wildman–Crippen MR) is 146 cm³/mol. The van der Waals surface area contributed by atoms with Crippen LogP contribution < -0.4 is 20.2 Å². The zero-order chi connectivity index (χ0) is 28.5. The van der Waals surface area contributed by atoms with Crippen molar-refractivity contribution in [2.75, 3.05) is 13.7 Å². The van der Waals surface area contributed by atoms with Crippen LogP contribution in [0.15, 0.2) is 58.0 Å². The number of carbonyl (C=O) groups excluding carboxylic acids is 2. The largest absolute Gasteiger partial charge is 0.496 e. The number of amides is 2. The number of nitrogens with one attached hydrogen (secondary N) is 2. The van der Waals surface area contributed by atoms with Crippen LogP contribution in [0, 0.1) is 29.9 Å². The van der Waals surface area contributed by atoms with Crippen molar-refractivity contribution in [3.05, 3.63) is 75.5 Å². The monoisotopic (exact) mass is 536 g/mol. The number of carbonyl (C=O) groups is 2. The first-order chi connectivity index (χ1) is 18.6. The topological polar surface area (TPSA) is 145 Å². The highest BCUT2D eigenvalue weighted by Crippen LogP contribution is 2.34. The van der Waals surface area contributed by atoms with E-state index in [2.05, 4.69) is 15.8 Å². The third-order valence-electron chi connectivity index (χ3n) is 5.77. The van der Waals surface area contributed by atoms with E-state index in [1.54, 1.807) is 12.1 Å². The first kappa shape index (κ1) is 28.9. The van der Waals surface area contributed by atoms with Crippen molar-refractivity contribution >= 4 is 23.7 Å². The average Bonchev–Trinajstić information content (AvgIpc) is 3.36. The van der Waals surface area contributed by atoms with Crippen molar-refractivity contribution in [2.24, 2.45) is 11.0 Å². The number of nitro benzene ring substituents is 1. The van der Waals surface area contributed by atoms with E-state index in [0.717, 1.165) is 11.1 Å². The fourth-order valence-corrected chi connectivity index (χ4v) is 3.91.